The molecule has 0 saturated carbocycles. The average molecular weight is 251 g/mol. The smallest absolute Gasteiger partial charge is 0.321 e. The monoisotopic (exact) mass is 251 g/mol. The highest BCUT2D eigenvalue weighted by molar-refractivity contribution is 5.75. The van der Waals surface area contributed by atoms with Crippen LogP contribution in [0.5, 0.6) is 0 Å². The molecule has 1 atom stereocenters. The number of rotatable bonds is 6. The quantitative estimate of drug-likeness (QED) is 0.660. The summed E-state index contributed by atoms with van der Waals surface area (Å²) in [6.07, 6.45) is 0.267. The molecule has 0 bridgehead atoms. The van der Waals surface area contributed by atoms with E-state index in [1.807, 2.05) is 18.2 Å². The zero-order valence-corrected chi connectivity index (χ0v) is 10.0. The highest BCUT2D eigenvalue weighted by Crippen LogP contribution is 2.03. The van der Waals surface area contributed by atoms with Gasteiger partial charge in [-0.05, 0) is 12.0 Å². The van der Waals surface area contributed by atoms with Gasteiger partial charge in [-0.15, -0.1) is 13.2 Å². The number of benzene rings is 1. The Morgan fingerprint density at radius 1 is 1.17 bits per heavy atom. The number of carboxylic acid groups (broad SMARTS) is 2. The Bertz CT molecular complexity index is 378. The number of aliphatic carboxylic acids is 2. The molecule has 0 fully saturated rings. The van der Waals surface area contributed by atoms with Crippen LogP contribution in [0.15, 0.2) is 43.5 Å². The Hall–Kier alpha value is -2.14. The Labute approximate surface area is 106 Å². The third kappa shape index (κ3) is 6.44. The van der Waals surface area contributed by atoms with Crippen LogP contribution in [0.4, 0.5) is 0 Å². The van der Waals surface area contributed by atoms with E-state index in [4.69, 9.17) is 10.2 Å². The number of hydrogen-bond acceptors (Lipinski definition) is 3. The minimum absolute atomic E-state index is 0.267. The fourth-order valence-corrected chi connectivity index (χ4v) is 1.31. The molecule has 5 heteroatoms. The van der Waals surface area contributed by atoms with Crippen molar-refractivity contribution in [1.29, 1.82) is 0 Å². The standard InChI is InChI=1S/C11H13NO4.C2H4/c13-10(14)7-12-9(11(15)16)6-8-4-2-1-3-5-8;1-2/h1-5,9,12H,6-7H2,(H,13,14)(H,15,16);1-2H2. The van der Waals surface area contributed by atoms with Gasteiger partial charge in [-0.2, -0.15) is 0 Å². The SMILES string of the molecule is C=C.O=C(O)CNC(Cc1ccccc1)C(=O)O. The van der Waals surface area contributed by atoms with Crippen LogP contribution in [0.2, 0.25) is 0 Å². The normalized spacial score (nSPS) is 10.9. The van der Waals surface area contributed by atoms with E-state index >= 15 is 0 Å². The molecule has 0 aliphatic rings. The molecule has 0 heterocycles. The lowest BCUT2D eigenvalue weighted by Crippen LogP contribution is -2.41. The van der Waals surface area contributed by atoms with Gasteiger partial charge >= 0.3 is 11.9 Å². The van der Waals surface area contributed by atoms with Crippen molar-refractivity contribution in [2.45, 2.75) is 12.5 Å². The summed E-state index contributed by atoms with van der Waals surface area (Å²) in [5.74, 6) is -2.12. The van der Waals surface area contributed by atoms with E-state index in [1.54, 1.807) is 12.1 Å². The second kappa shape index (κ2) is 8.95. The van der Waals surface area contributed by atoms with Gasteiger partial charge in [0.25, 0.3) is 0 Å². The maximum Gasteiger partial charge on any atom is 0.321 e. The molecule has 98 valence electrons. The van der Waals surface area contributed by atoms with Crippen LogP contribution < -0.4 is 5.32 Å². The summed E-state index contributed by atoms with van der Waals surface area (Å²) in [5, 5.41) is 19.8. The molecule has 0 aliphatic heterocycles. The predicted molar refractivity (Wildman–Crippen MR) is 68.5 cm³/mol. The van der Waals surface area contributed by atoms with E-state index in [0.29, 0.717) is 0 Å². The summed E-state index contributed by atoms with van der Waals surface area (Å²) >= 11 is 0. The van der Waals surface area contributed by atoms with Crippen molar-refractivity contribution in [3.63, 3.8) is 0 Å². The molecule has 0 spiro atoms. The van der Waals surface area contributed by atoms with E-state index in [2.05, 4.69) is 18.5 Å². The van der Waals surface area contributed by atoms with Crippen molar-refractivity contribution in [2.75, 3.05) is 6.54 Å². The van der Waals surface area contributed by atoms with Gasteiger partial charge in [0.15, 0.2) is 0 Å². The van der Waals surface area contributed by atoms with Crippen LogP contribution in [0.1, 0.15) is 5.56 Å². The molecular formula is C13H17NO4. The molecule has 1 unspecified atom stereocenters. The number of carbonyl (C=O) groups is 2. The van der Waals surface area contributed by atoms with Gasteiger partial charge in [0.05, 0.1) is 6.54 Å². The second-order valence-electron chi connectivity index (χ2n) is 3.36. The molecule has 0 radical (unpaired) electrons. The van der Waals surface area contributed by atoms with Crippen molar-refractivity contribution in [3.8, 4) is 0 Å². The maximum absolute atomic E-state index is 10.9. The molecule has 5 nitrogen and oxygen atoms in total. The van der Waals surface area contributed by atoms with Crippen LogP contribution >= 0.6 is 0 Å². The van der Waals surface area contributed by atoms with Crippen LogP contribution in [0, 0.1) is 0 Å². The Morgan fingerprint density at radius 3 is 2.17 bits per heavy atom. The lowest BCUT2D eigenvalue weighted by Gasteiger charge is -2.12. The Kier molecular flexibility index (Phi) is 7.89. The fraction of sp³-hybridized carbons (Fsp3) is 0.231. The minimum Gasteiger partial charge on any atom is -0.480 e. The van der Waals surface area contributed by atoms with Crippen LogP contribution in [0.25, 0.3) is 0 Å². The van der Waals surface area contributed by atoms with E-state index in [-0.39, 0.29) is 13.0 Å². The number of hydrogen-bond donors (Lipinski definition) is 3. The lowest BCUT2D eigenvalue weighted by atomic mass is 10.1. The highest BCUT2D eigenvalue weighted by atomic mass is 16.4. The van der Waals surface area contributed by atoms with Crippen molar-refractivity contribution in [1.82, 2.24) is 5.32 Å². The summed E-state index contributed by atoms with van der Waals surface area (Å²) < 4.78 is 0. The molecule has 0 amide bonds. The lowest BCUT2D eigenvalue weighted by molar-refractivity contribution is -0.140. The molecule has 0 aromatic heterocycles. The number of carboxylic acids is 2. The topological polar surface area (TPSA) is 86.6 Å². The van der Waals surface area contributed by atoms with E-state index in [9.17, 15) is 9.59 Å². The second-order valence-corrected chi connectivity index (χ2v) is 3.36. The number of nitrogens with one attached hydrogen (secondary N) is 1. The summed E-state index contributed by atoms with van der Waals surface area (Å²) in [6.45, 7) is 5.64. The van der Waals surface area contributed by atoms with Gasteiger partial charge in [-0.3, -0.25) is 14.9 Å². The maximum atomic E-state index is 10.9. The first-order chi connectivity index (χ1) is 8.59. The molecule has 0 saturated heterocycles. The first-order valence-electron chi connectivity index (χ1n) is 5.31. The predicted octanol–water partition coefficient (Wildman–Crippen LogP) is 1.16. The summed E-state index contributed by atoms with van der Waals surface area (Å²) in [5.41, 5.74) is 0.854. The average Bonchev–Trinajstić information content (AvgIpc) is 2.37. The highest BCUT2D eigenvalue weighted by Gasteiger charge is 2.17. The van der Waals surface area contributed by atoms with Crippen molar-refractivity contribution < 1.29 is 19.8 Å². The Morgan fingerprint density at radius 2 is 1.72 bits per heavy atom. The van der Waals surface area contributed by atoms with Crippen LogP contribution in [-0.4, -0.2) is 34.7 Å². The van der Waals surface area contributed by atoms with Gasteiger partial charge in [0.2, 0.25) is 0 Å². The molecule has 1 aromatic rings. The third-order valence-corrected chi connectivity index (χ3v) is 2.08. The summed E-state index contributed by atoms with van der Waals surface area (Å²) in [6, 6.07) is 8.19. The van der Waals surface area contributed by atoms with Gasteiger partial charge in [-0.1, -0.05) is 30.3 Å². The first kappa shape index (κ1) is 15.9. The van der Waals surface area contributed by atoms with Gasteiger partial charge < -0.3 is 10.2 Å². The molecule has 1 rings (SSSR count). The van der Waals surface area contributed by atoms with E-state index in [0.717, 1.165) is 5.56 Å². The zero-order valence-electron chi connectivity index (χ0n) is 10.0. The van der Waals surface area contributed by atoms with Gasteiger partial charge in [0, 0.05) is 0 Å². The summed E-state index contributed by atoms with van der Waals surface area (Å²) in [7, 11) is 0. The summed E-state index contributed by atoms with van der Waals surface area (Å²) in [4.78, 5) is 21.2. The van der Waals surface area contributed by atoms with Crippen molar-refractivity contribution >= 4 is 11.9 Å². The van der Waals surface area contributed by atoms with Gasteiger partial charge in [0.1, 0.15) is 6.04 Å². The molecule has 1 aromatic carbocycles. The van der Waals surface area contributed by atoms with Crippen LogP contribution in [-0.2, 0) is 16.0 Å². The Balaban J connectivity index is 0.00000137. The van der Waals surface area contributed by atoms with Crippen molar-refractivity contribution in [3.05, 3.63) is 49.1 Å². The third-order valence-electron chi connectivity index (χ3n) is 2.08. The molecule has 18 heavy (non-hydrogen) atoms. The molecular weight excluding hydrogens is 234 g/mol. The van der Waals surface area contributed by atoms with Gasteiger partial charge in [-0.25, -0.2) is 0 Å². The van der Waals surface area contributed by atoms with E-state index < -0.39 is 18.0 Å². The largest absolute Gasteiger partial charge is 0.480 e. The van der Waals surface area contributed by atoms with E-state index in [1.165, 1.54) is 0 Å². The van der Waals surface area contributed by atoms with Crippen molar-refractivity contribution in [2.24, 2.45) is 0 Å². The molecule has 3 N–H and O–H groups in total. The minimum atomic E-state index is -1.07. The van der Waals surface area contributed by atoms with Crippen LogP contribution in [0.3, 0.4) is 0 Å². The molecule has 0 aliphatic carbocycles. The fourth-order valence-electron chi connectivity index (χ4n) is 1.31. The zero-order chi connectivity index (χ0) is 14.0. The first-order valence-corrected chi connectivity index (χ1v) is 5.31.